The quantitative estimate of drug-likeness (QED) is 0.720. The van der Waals surface area contributed by atoms with Crippen LogP contribution in [-0.2, 0) is 0 Å². The predicted molar refractivity (Wildman–Crippen MR) is 118 cm³/mol. The van der Waals surface area contributed by atoms with Gasteiger partial charge >= 0.3 is 0 Å². The third-order valence-electron chi connectivity index (χ3n) is 7.24. The van der Waals surface area contributed by atoms with E-state index >= 15 is 0 Å². The fraction of sp³-hybridized carbons (Fsp3) is 0.478. The van der Waals surface area contributed by atoms with Crippen molar-refractivity contribution in [3.8, 4) is 22.8 Å². The lowest BCUT2D eigenvalue weighted by molar-refractivity contribution is 0.0606. The van der Waals surface area contributed by atoms with Gasteiger partial charge in [-0.3, -0.25) is 4.79 Å². The number of fused-ring (bicyclic) bond motifs is 2. The molecule has 1 spiro atoms. The van der Waals surface area contributed by atoms with Crippen molar-refractivity contribution < 1.29 is 19.0 Å². The molecule has 4 aliphatic rings. The van der Waals surface area contributed by atoms with Gasteiger partial charge in [0.15, 0.2) is 5.75 Å². The molecule has 3 fully saturated rings. The summed E-state index contributed by atoms with van der Waals surface area (Å²) >= 11 is 6.72. The van der Waals surface area contributed by atoms with Crippen LogP contribution in [0.15, 0.2) is 18.2 Å². The van der Waals surface area contributed by atoms with Crippen molar-refractivity contribution >= 4 is 23.3 Å². The number of anilines is 1. The first-order valence-corrected chi connectivity index (χ1v) is 11.5. The number of phenols is 1. The van der Waals surface area contributed by atoms with Crippen molar-refractivity contribution in [2.24, 2.45) is 5.41 Å². The normalized spacial score (nSPS) is 23.6. The molecule has 1 atom stereocenters. The number of aromatic nitrogens is 1. The van der Waals surface area contributed by atoms with Crippen LogP contribution >= 0.6 is 11.6 Å². The van der Waals surface area contributed by atoms with Crippen molar-refractivity contribution in [2.75, 3.05) is 44.2 Å². The summed E-state index contributed by atoms with van der Waals surface area (Å²) in [5, 5.41) is 13.8. The van der Waals surface area contributed by atoms with Crippen molar-refractivity contribution in [1.82, 2.24) is 15.2 Å². The molecule has 1 aromatic heterocycles. The maximum atomic E-state index is 14.8. The lowest BCUT2D eigenvalue weighted by Gasteiger charge is -2.34. The Bertz CT molecular complexity index is 1100. The number of halogens is 2. The number of rotatable bonds is 2. The van der Waals surface area contributed by atoms with Gasteiger partial charge in [0, 0.05) is 32.7 Å². The summed E-state index contributed by atoms with van der Waals surface area (Å²) in [6.07, 6.45) is 3.38. The Morgan fingerprint density at radius 1 is 1.25 bits per heavy atom. The highest BCUT2D eigenvalue weighted by Crippen LogP contribution is 2.54. The molecule has 2 saturated heterocycles. The number of aromatic hydroxyl groups is 1. The Balaban J connectivity index is 1.56. The number of phenolic OH excluding ortho intramolecular Hbond substituents is 1. The molecule has 32 heavy (non-hydrogen) atoms. The Hall–Kier alpha value is -2.58. The average Bonchev–Trinajstić information content (AvgIpc) is 3.45. The van der Waals surface area contributed by atoms with E-state index in [9.17, 15) is 14.3 Å². The topological polar surface area (TPSA) is 77.9 Å². The Morgan fingerprint density at radius 3 is 2.84 bits per heavy atom. The van der Waals surface area contributed by atoms with Crippen LogP contribution in [0.2, 0.25) is 5.02 Å². The summed E-state index contributed by atoms with van der Waals surface area (Å²) in [5.41, 5.74) is 0.651. The van der Waals surface area contributed by atoms with Gasteiger partial charge < -0.3 is 25.0 Å². The van der Waals surface area contributed by atoms with Gasteiger partial charge in [0.1, 0.15) is 40.3 Å². The van der Waals surface area contributed by atoms with Gasteiger partial charge in [-0.1, -0.05) is 17.7 Å². The number of ether oxygens (including phenoxy) is 1. The van der Waals surface area contributed by atoms with Gasteiger partial charge in [-0.05, 0) is 36.8 Å². The average molecular weight is 459 g/mol. The number of amides is 1. The van der Waals surface area contributed by atoms with Crippen LogP contribution in [0, 0.1) is 11.2 Å². The Morgan fingerprint density at radius 2 is 2.09 bits per heavy atom. The molecule has 7 nitrogen and oxygen atoms in total. The van der Waals surface area contributed by atoms with Crippen LogP contribution in [0.3, 0.4) is 0 Å². The summed E-state index contributed by atoms with van der Waals surface area (Å²) in [7, 11) is 0. The predicted octanol–water partition coefficient (Wildman–Crippen LogP) is 3.04. The van der Waals surface area contributed by atoms with Crippen molar-refractivity contribution in [3.63, 3.8) is 0 Å². The number of hydrogen-bond acceptors (Lipinski definition) is 6. The van der Waals surface area contributed by atoms with Crippen LogP contribution in [0.4, 0.5) is 10.2 Å². The third-order valence-corrected chi connectivity index (χ3v) is 7.59. The number of carbonyl (C=O) groups excluding carboxylic acids is 1. The number of nitrogens with one attached hydrogen (secondary N) is 1. The van der Waals surface area contributed by atoms with Crippen molar-refractivity contribution in [1.29, 1.82) is 0 Å². The van der Waals surface area contributed by atoms with Crippen molar-refractivity contribution in [3.05, 3.63) is 34.6 Å². The second kappa shape index (κ2) is 7.22. The van der Waals surface area contributed by atoms with E-state index in [-0.39, 0.29) is 46.3 Å². The molecule has 0 bridgehead atoms. The molecule has 9 heteroatoms. The molecular weight excluding hydrogens is 435 g/mol. The molecule has 6 rings (SSSR count). The fourth-order valence-corrected chi connectivity index (χ4v) is 5.49. The lowest BCUT2D eigenvalue weighted by atomic mass is 10.1. The molecule has 168 valence electrons. The Labute approximate surface area is 190 Å². The van der Waals surface area contributed by atoms with E-state index in [4.69, 9.17) is 21.3 Å². The zero-order valence-electron chi connectivity index (χ0n) is 17.5. The molecule has 1 saturated carbocycles. The number of piperazine rings is 1. The van der Waals surface area contributed by atoms with E-state index in [0.29, 0.717) is 36.4 Å². The maximum absolute atomic E-state index is 14.8. The van der Waals surface area contributed by atoms with Crippen LogP contribution in [0.5, 0.6) is 11.5 Å². The van der Waals surface area contributed by atoms with Crippen LogP contribution < -0.4 is 15.0 Å². The molecular formula is C23H24ClFN4O3. The van der Waals surface area contributed by atoms with E-state index in [1.807, 2.05) is 4.90 Å². The molecule has 1 unspecified atom stereocenters. The van der Waals surface area contributed by atoms with Gasteiger partial charge in [0.25, 0.3) is 5.91 Å². The second-order valence-electron chi connectivity index (χ2n) is 9.28. The molecule has 3 aliphatic heterocycles. The van der Waals surface area contributed by atoms with E-state index in [1.165, 1.54) is 31.0 Å². The zero-order chi connectivity index (χ0) is 22.0. The van der Waals surface area contributed by atoms with Crippen molar-refractivity contribution in [2.45, 2.75) is 25.3 Å². The standard InChI is InChI=1S/C23H24ClFN4O3/c24-18-19(16-14(25)2-1-3-15(16)30)27-21(28-8-6-23(12-28)4-5-23)17-20(18)32-11-13-10-26-7-9-29(13)22(17)31/h1-3,13,26,30H,4-12H2. The summed E-state index contributed by atoms with van der Waals surface area (Å²) in [4.78, 5) is 22.4. The summed E-state index contributed by atoms with van der Waals surface area (Å²) in [5.74, 6) is -0.353. The molecule has 2 aromatic rings. The highest BCUT2D eigenvalue weighted by atomic mass is 35.5. The molecule has 1 aromatic carbocycles. The zero-order valence-corrected chi connectivity index (χ0v) is 18.3. The minimum atomic E-state index is -0.632. The fourth-order valence-electron chi connectivity index (χ4n) is 5.20. The molecule has 4 heterocycles. The van der Waals surface area contributed by atoms with Crippen LogP contribution in [-0.4, -0.2) is 66.3 Å². The van der Waals surface area contributed by atoms with Gasteiger partial charge in [-0.2, -0.15) is 0 Å². The van der Waals surface area contributed by atoms with E-state index < -0.39 is 5.82 Å². The summed E-state index contributed by atoms with van der Waals surface area (Å²) in [6, 6.07) is 3.96. The second-order valence-corrected chi connectivity index (χ2v) is 9.65. The van der Waals surface area contributed by atoms with E-state index in [0.717, 1.165) is 19.5 Å². The van der Waals surface area contributed by atoms with Crippen LogP contribution in [0.1, 0.15) is 29.6 Å². The first-order valence-electron chi connectivity index (χ1n) is 11.1. The van der Waals surface area contributed by atoms with Crippen LogP contribution in [0.25, 0.3) is 11.3 Å². The number of carbonyl (C=O) groups is 1. The first-order chi connectivity index (χ1) is 15.5. The smallest absolute Gasteiger partial charge is 0.261 e. The Kier molecular flexibility index (Phi) is 4.52. The highest BCUT2D eigenvalue weighted by Gasteiger charge is 2.49. The minimum absolute atomic E-state index is 0.0469. The molecule has 0 radical (unpaired) electrons. The van der Waals surface area contributed by atoms with E-state index in [2.05, 4.69) is 10.2 Å². The van der Waals surface area contributed by atoms with Gasteiger partial charge in [0.05, 0.1) is 11.6 Å². The SMILES string of the molecule is O=C1c2c(N3CCC4(CC4)C3)nc(-c3c(O)cccc3F)c(Cl)c2OCC2CNCCN12. The first kappa shape index (κ1) is 20.1. The minimum Gasteiger partial charge on any atom is -0.507 e. The van der Waals surface area contributed by atoms with Gasteiger partial charge in [-0.25, -0.2) is 9.37 Å². The summed E-state index contributed by atoms with van der Waals surface area (Å²) in [6.45, 7) is 3.76. The van der Waals surface area contributed by atoms with E-state index in [1.54, 1.807) is 0 Å². The maximum Gasteiger partial charge on any atom is 0.261 e. The molecule has 1 aliphatic carbocycles. The summed E-state index contributed by atoms with van der Waals surface area (Å²) < 4.78 is 20.9. The molecule has 2 N–H and O–H groups in total. The number of pyridine rings is 1. The van der Waals surface area contributed by atoms with Gasteiger partial charge in [0.2, 0.25) is 0 Å². The highest BCUT2D eigenvalue weighted by molar-refractivity contribution is 6.35. The number of nitrogens with zero attached hydrogens (tertiary/aromatic N) is 3. The number of benzene rings is 1. The van der Waals surface area contributed by atoms with Gasteiger partial charge in [-0.15, -0.1) is 0 Å². The number of hydrogen-bond donors (Lipinski definition) is 2. The largest absolute Gasteiger partial charge is 0.507 e. The third kappa shape index (κ3) is 3.03. The monoisotopic (exact) mass is 458 g/mol. The molecule has 1 amide bonds. The lowest BCUT2D eigenvalue weighted by Crippen LogP contribution is -2.55.